The van der Waals surface area contributed by atoms with Gasteiger partial charge in [0.1, 0.15) is 5.69 Å². The van der Waals surface area contributed by atoms with Crippen LogP contribution in [-0.2, 0) is 4.79 Å². The van der Waals surface area contributed by atoms with Crippen molar-refractivity contribution in [3.8, 4) is 0 Å². The Kier molecular flexibility index (Phi) is 4.77. The highest BCUT2D eigenvalue weighted by Crippen LogP contribution is 2.26. The summed E-state index contributed by atoms with van der Waals surface area (Å²) < 4.78 is 0. The van der Waals surface area contributed by atoms with Crippen LogP contribution in [-0.4, -0.2) is 40.0 Å². The average molecular weight is 291 g/mol. The average Bonchev–Trinajstić information content (AvgIpc) is 2.47. The molecule has 21 heavy (non-hydrogen) atoms. The van der Waals surface area contributed by atoms with Crippen molar-refractivity contribution < 1.29 is 14.7 Å². The number of piperidine rings is 1. The van der Waals surface area contributed by atoms with E-state index in [4.69, 9.17) is 10.8 Å². The third-order valence-corrected chi connectivity index (χ3v) is 4.05. The van der Waals surface area contributed by atoms with Gasteiger partial charge >= 0.3 is 5.97 Å². The molecule has 2 rings (SSSR count). The lowest BCUT2D eigenvalue weighted by molar-refractivity contribution is -0.138. The second kappa shape index (κ2) is 6.56. The molecule has 1 fully saturated rings. The number of aliphatic carboxylic acids is 1. The minimum Gasteiger partial charge on any atom is -0.481 e. The lowest BCUT2D eigenvalue weighted by Gasteiger charge is -2.35. The van der Waals surface area contributed by atoms with Crippen molar-refractivity contribution >= 4 is 17.6 Å². The molecule has 1 aromatic heterocycles. The van der Waals surface area contributed by atoms with Crippen LogP contribution in [0.3, 0.4) is 0 Å². The molecule has 0 spiro atoms. The van der Waals surface area contributed by atoms with Crippen LogP contribution < -0.4 is 5.73 Å². The van der Waals surface area contributed by atoms with Crippen LogP contribution in [0, 0.1) is 11.8 Å². The molecule has 3 N–H and O–H groups in total. The molecule has 6 nitrogen and oxygen atoms in total. The predicted octanol–water partition coefficient (Wildman–Crippen LogP) is 1.63. The molecule has 1 aliphatic heterocycles. The number of hydrogen-bond donors (Lipinski definition) is 2. The largest absolute Gasteiger partial charge is 0.481 e. The van der Waals surface area contributed by atoms with Gasteiger partial charge in [0.05, 0.1) is 11.9 Å². The molecule has 2 heterocycles. The molecule has 1 saturated heterocycles. The number of carbonyl (C=O) groups excluding carboxylic acids is 1. The maximum Gasteiger partial charge on any atom is 0.303 e. The number of hydrogen-bond acceptors (Lipinski definition) is 4. The van der Waals surface area contributed by atoms with E-state index in [-0.39, 0.29) is 24.2 Å². The highest BCUT2D eigenvalue weighted by molar-refractivity contribution is 5.92. The Morgan fingerprint density at radius 2 is 2.29 bits per heavy atom. The van der Waals surface area contributed by atoms with E-state index in [9.17, 15) is 9.59 Å². The summed E-state index contributed by atoms with van der Waals surface area (Å²) in [5.74, 6) is -0.599. The molecular formula is C15H21N3O3. The molecule has 2 unspecified atom stereocenters. The molecule has 0 aromatic carbocycles. The third kappa shape index (κ3) is 3.93. The number of aromatic nitrogens is 1. The van der Waals surface area contributed by atoms with Crippen molar-refractivity contribution in [1.82, 2.24) is 9.88 Å². The molecule has 0 aliphatic carbocycles. The fourth-order valence-corrected chi connectivity index (χ4v) is 2.79. The summed E-state index contributed by atoms with van der Waals surface area (Å²) in [5.41, 5.74) is 6.48. The summed E-state index contributed by atoms with van der Waals surface area (Å²) in [7, 11) is 0. The van der Waals surface area contributed by atoms with Gasteiger partial charge in [0.15, 0.2) is 0 Å². The quantitative estimate of drug-likeness (QED) is 0.878. The standard InChI is InChI=1S/C15H21N3O3/c1-10(7-14(19)20)11-3-2-6-18(9-11)15(21)13-5-4-12(16)8-17-13/h4-5,8,10-11H,2-3,6-7,9,16H2,1H3,(H,19,20). The summed E-state index contributed by atoms with van der Waals surface area (Å²) >= 11 is 0. The van der Waals surface area contributed by atoms with Gasteiger partial charge in [0.25, 0.3) is 5.91 Å². The van der Waals surface area contributed by atoms with Crippen molar-refractivity contribution in [2.24, 2.45) is 11.8 Å². The van der Waals surface area contributed by atoms with Crippen molar-refractivity contribution in [1.29, 1.82) is 0 Å². The number of nitrogen functional groups attached to an aromatic ring is 1. The Bertz CT molecular complexity index is 515. The fourth-order valence-electron chi connectivity index (χ4n) is 2.79. The zero-order valence-corrected chi connectivity index (χ0v) is 12.2. The van der Waals surface area contributed by atoms with E-state index in [1.165, 1.54) is 6.20 Å². The van der Waals surface area contributed by atoms with Crippen molar-refractivity contribution in [2.45, 2.75) is 26.2 Å². The second-order valence-corrected chi connectivity index (χ2v) is 5.71. The number of amides is 1. The van der Waals surface area contributed by atoms with E-state index < -0.39 is 5.97 Å². The molecule has 0 radical (unpaired) electrons. The molecule has 0 bridgehead atoms. The molecule has 114 valence electrons. The first-order valence-corrected chi connectivity index (χ1v) is 7.20. The molecule has 1 amide bonds. The van der Waals surface area contributed by atoms with Gasteiger partial charge in [0.2, 0.25) is 0 Å². The van der Waals surface area contributed by atoms with E-state index in [0.717, 1.165) is 12.8 Å². The first kappa shape index (κ1) is 15.3. The summed E-state index contributed by atoms with van der Waals surface area (Å²) in [6.45, 7) is 3.23. The summed E-state index contributed by atoms with van der Waals surface area (Å²) in [6.07, 6.45) is 3.48. The van der Waals surface area contributed by atoms with E-state index in [0.29, 0.717) is 24.5 Å². The maximum atomic E-state index is 12.4. The Balaban J connectivity index is 2.01. The first-order chi connectivity index (χ1) is 9.97. The molecule has 1 aromatic rings. The van der Waals surface area contributed by atoms with Crippen molar-refractivity contribution in [2.75, 3.05) is 18.8 Å². The smallest absolute Gasteiger partial charge is 0.303 e. The van der Waals surface area contributed by atoms with Crippen LogP contribution in [0.25, 0.3) is 0 Å². The fraction of sp³-hybridized carbons (Fsp3) is 0.533. The number of carboxylic acids is 1. The summed E-state index contributed by atoms with van der Waals surface area (Å²) in [6, 6.07) is 3.29. The van der Waals surface area contributed by atoms with Gasteiger partial charge in [-0.05, 0) is 36.8 Å². The monoisotopic (exact) mass is 291 g/mol. The summed E-state index contributed by atoms with van der Waals surface area (Å²) in [5, 5.41) is 8.89. The van der Waals surface area contributed by atoms with Gasteiger partial charge in [-0.15, -0.1) is 0 Å². The van der Waals surface area contributed by atoms with Crippen LogP contribution >= 0.6 is 0 Å². The molecule has 2 atom stereocenters. The third-order valence-electron chi connectivity index (χ3n) is 4.05. The van der Waals surface area contributed by atoms with Crippen LogP contribution in [0.4, 0.5) is 5.69 Å². The second-order valence-electron chi connectivity index (χ2n) is 5.71. The van der Waals surface area contributed by atoms with Gasteiger partial charge in [-0.25, -0.2) is 4.98 Å². The summed E-state index contributed by atoms with van der Waals surface area (Å²) in [4.78, 5) is 29.1. The van der Waals surface area contributed by atoms with Crippen LogP contribution in [0.5, 0.6) is 0 Å². The zero-order valence-electron chi connectivity index (χ0n) is 12.2. The number of pyridine rings is 1. The Labute approximate surface area is 124 Å². The van der Waals surface area contributed by atoms with Gasteiger partial charge < -0.3 is 15.7 Å². The number of carboxylic acid groups (broad SMARTS) is 1. The van der Waals surface area contributed by atoms with E-state index in [1.54, 1.807) is 17.0 Å². The molecular weight excluding hydrogens is 270 g/mol. The lowest BCUT2D eigenvalue weighted by Crippen LogP contribution is -2.42. The molecule has 1 aliphatic rings. The minimum absolute atomic E-state index is 0.0671. The van der Waals surface area contributed by atoms with Crippen LogP contribution in [0.1, 0.15) is 36.7 Å². The van der Waals surface area contributed by atoms with Crippen molar-refractivity contribution in [3.05, 3.63) is 24.0 Å². The number of nitrogens with zero attached hydrogens (tertiary/aromatic N) is 2. The highest BCUT2D eigenvalue weighted by atomic mass is 16.4. The number of anilines is 1. The Hall–Kier alpha value is -2.11. The maximum absolute atomic E-state index is 12.4. The van der Waals surface area contributed by atoms with Crippen molar-refractivity contribution in [3.63, 3.8) is 0 Å². The highest BCUT2D eigenvalue weighted by Gasteiger charge is 2.29. The van der Waals surface area contributed by atoms with Gasteiger partial charge in [0, 0.05) is 19.5 Å². The number of carbonyl (C=O) groups is 2. The lowest BCUT2D eigenvalue weighted by atomic mass is 9.84. The van der Waals surface area contributed by atoms with Gasteiger partial charge in [-0.2, -0.15) is 0 Å². The topological polar surface area (TPSA) is 96.5 Å². The van der Waals surface area contributed by atoms with E-state index in [1.807, 2.05) is 6.92 Å². The zero-order chi connectivity index (χ0) is 15.4. The Morgan fingerprint density at radius 3 is 2.90 bits per heavy atom. The normalized spacial score (nSPS) is 20.0. The van der Waals surface area contributed by atoms with Crippen LogP contribution in [0.2, 0.25) is 0 Å². The van der Waals surface area contributed by atoms with Gasteiger partial charge in [-0.3, -0.25) is 9.59 Å². The number of likely N-dealkylation sites (tertiary alicyclic amines) is 1. The van der Waals surface area contributed by atoms with E-state index in [2.05, 4.69) is 4.98 Å². The molecule has 0 saturated carbocycles. The van der Waals surface area contributed by atoms with Gasteiger partial charge in [-0.1, -0.05) is 6.92 Å². The minimum atomic E-state index is -0.786. The number of nitrogens with two attached hydrogens (primary N) is 1. The SMILES string of the molecule is CC(CC(=O)O)C1CCCN(C(=O)c2ccc(N)cn2)C1. The number of rotatable bonds is 4. The van der Waals surface area contributed by atoms with E-state index >= 15 is 0 Å². The first-order valence-electron chi connectivity index (χ1n) is 7.20. The molecule has 6 heteroatoms. The van der Waals surface area contributed by atoms with Crippen LogP contribution in [0.15, 0.2) is 18.3 Å². The predicted molar refractivity (Wildman–Crippen MR) is 78.7 cm³/mol. The Morgan fingerprint density at radius 1 is 1.52 bits per heavy atom.